The molecule has 3 nitrogen and oxygen atoms in total. The summed E-state index contributed by atoms with van der Waals surface area (Å²) in [6.45, 7) is 1.40. The monoisotopic (exact) mass is 262 g/mol. The molecule has 0 fully saturated rings. The molecule has 0 amide bonds. The first-order valence-electron chi connectivity index (χ1n) is 5.84. The fourth-order valence-electron chi connectivity index (χ4n) is 1.69. The summed E-state index contributed by atoms with van der Waals surface area (Å²) in [5.41, 5.74) is 1.86. The van der Waals surface area contributed by atoms with Gasteiger partial charge in [-0.1, -0.05) is 29.8 Å². The molecule has 94 valence electrons. The van der Waals surface area contributed by atoms with Gasteiger partial charge < -0.3 is 10.4 Å². The average molecular weight is 263 g/mol. The first kappa shape index (κ1) is 12.9. The van der Waals surface area contributed by atoms with Crippen molar-refractivity contribution in [1.82, 2.24) is 10.3 Å². The van der Waals surface area contributed by atoms with Gasteiger partial charge in [0.25, 0.3) is 0 Å². The predicted molar refractivity (Wildman–Crippen MR) is 72.8 cm³/mol. The highest BCUT2D eigenvalue weighted by atomic mass is 35.5. The highest BCUT2D eigenvalue weighted by Gasteiger charge is 2.04. The molecule has 1 aromatic heterocycles. The van der Waals surface area contributed by atoms with E-state index in [2.05, 4.69) is 10.3 Å². The number of phenols is 1. The van der Waals surface area contributed by atoms with Gasteiger partial charge in [-0.3, -0.25) is 4.98 Å². The Morgan fingerprint density at radius 3 is 2.83 bits per heavy atom. The number of nitrogens with zero attached hydrogens (tertiary/aromatic N) is 1. The summed E-state index contributed by atoms with van der Waals surface area (Å²) >= 11 is 5.83. The molecule has 2 aromatic rings. The standard InChI is InChI=1S/C14H15ClN2O/c15-13-6-3-4-11(14(13)18)10-16-9-7-12-5-1-2-8-17-12/h1-6,8,16,18H,7,9-10H2. The van der Waals surface area contributed by atoms with E-state index in [0.717, 1.165) is 24.2 Å². The van der Waals surface area contributed by atoms with E-state index in [0.29, 0.717) is 11.6 Å². The maximum Gasteiger partial charge on any atom is 0.138 e. The number of aromatic hydroxyl groups is 1. The van der Waals surface area contributed by atoms with Crippen LogP contribution in [0.2, 0.25) is 5.02 Å². The van der Waals surface area contributed by atoms with Crippen LogP contribution in [0.5, 0.6) is 5.75 Å². The highest BCUT2D eigenvalue weighted by molar-refractivity contribution is 6.32. The van der Waals surface area contributed by atoms with Gasteiger partial charge in [-0.25, -0.2) is 0 Å². The number of pyridine rings is 1. The minimum absolute atomic E-state index is 0.157. The highest BCUT2D eigenvalue weighted by Crippen LogP contribution is 2.26. The Balaban J connectivity index is 1.81. The first-order chi connectivity index (χ1) is 8.77. The molecule has 0 atom stereocenters. The Bertz CT molecular complexity index is 502. The second-order valence-corrected chi connectivity index (χ2v) is 4.40. The Kier molecular flexibility index (Phi) is 4.56. The van der Waals surface area contributed by atoms with Gasteiger partial charge in [0.1, 0.15) is 5.75 Å². The number of nitrogens with one attached hydrogen (secondary N) is 1. The number of hydrogen-bond acceptors (Lipinski definition) is 3. The summed E-state index contributed by atoms with van der Waals surface area (Å²) < 4.78 is 0. The topological polar surface area (TPSA) is 45.1 Å². The normalized spacial score (nSPS) is 10.5. The number of aromatic nitrogens is 1. The molecule has 0 saturated heterocycles. The van der Waals surface area contributed by atoms with Crippen LogP contribution in [0.3, 0.4) is 0 Å². The van der Waals surface area contributed by atoms with Crippen molar-refractivity contribution in [1.29, 1.82) is 0 Å². The minimum Gasteiger partial charge on any atom is -0.506 e. The zero-order chi connectivity index (χ0) is 12.8. The SMILES string of the molecule is Oc1c(Cl)cccc1CNCCc1ccccn1. The van der Waals surface area contributed by atoms with Crippen LogP contribution in [0.4, 0.5) is 0 Å². The van der Waals surface area contributed by atoms with E-state index >= 15 is 0 Å². The summed E-state index contributed by atoms with van der Waals surface area (Å²) in [7, 11) is 0. The smallest absolute Gasteiger partial charge is 0.138 e. The Labute approximate surface area is 111 Å². The molecular weight excluding hydrogens is 248 g/mol. The average Bonchev–Trinajstić information content (AvgIpc) is 2.40. The molecule has 0 spiro atoms. The molecular formula is C14H15ClN2O. The third kappa shape index (κ3) is 3.45. The second-order valence-electron chi connectivity index (χ2n) is 4.00. The van der Waals surface area contributed by atoms with Crippen molar-refractivity contribution in [3.63, 3.8) is 0 Å². The molecule has 1 aromatic carbocycles. The van der Waals surface area contributed by atoms with Crippen molar-refractivity contribution in [3.8, 4) is 5.75 Å². The zero-order valence-corrected chi connectivity index (χ0v) is 10.7. The van der Waals surface area contributed by atoms with E-state index in [9.17, 15) is 5.11 Å². The van der Waals surface area contributed by atoms with Crippen molar-refractivity contribution >= 4 is 11.6 Å². The molecule has 2 rings (SSSR count). The summed E-state index contributed by atoms with van der Waals surface area (Å²) in [5.74, 6) is 0.157. The zero-order valence-electron chi connectivity index (χ0n) is 9.94. The maximum atomic E-state index is 9.73. The number of rotatable bonds is 5. The summed E-state index contributed by atoms with van der Waals surface area (Å²) in [5, 5.41) is 13.4. The van der Waals surface area contributed by atoms with Crippen LogP contribution in [-0.2, 0) is 13.0 Å². The maximum absolute atomic E-state index is 9.73. The second kappa shape index (κ2) is 6.38. The molecule has 0 aliphatic rings. The van der Waals surface area contributed by atoms with E-state index in [4.69, 9.17) is 11.6 Å². The number of hydrogen-bond donors (Lipinski definition) is 2. The van der Waals surface area contributed by atoms with Gasteiger partial charge in [0.2, 0.25) is 0 Å². The molecule has 0 saturated carbocycles. The van der Waals surface area contributed by atoms with Crippen molar-refractivity contribution < 1.29 is 5.11 Å². The fourth-order valence-corrected chi connectivity index (χ4v) is 1.88. The molecule has 0 unspecified atom stereocenters. The Morgan fingerprint density at radius 2 is 2.06 bits per heavy atom. The molecule has 0 aliphatic heterocycles. The quantitative estimate of drug-likeness (QED) is 0.815. The van der Waals surface area contributed by atoms with Crippen LogP contribution < -0.4 is 5.32 Å². The van der Waals surface area contributed by atoms with E-state index in [-0.39, 0.29) is 5.75 Å². The molecule has 0 aliphatic carbocycles. The van der Waals surface area contributed by atoms with Crippen molar-refractivity contribution in [3.05, 3.63) is 58.9 Å². The lowest BCUT2D eigenvalue weighted by molar-refractivity contribution is 0.465. The van der Waals surface area contributed by atoms with Crippen molar-refractivity contribution in [2.45, 2.75) is 13.0 Å². The molecule has 2 N–H and O–H groups in total. The third-order valence-corrected chi connectivity index (χ3v) is 2.97. The lowest BCUT2D eigenvalue weighted by atomic mass is 10.2. The van der Waals surface area contributed by atoms with Gasteiger partial charge >= 0.3 is 0 Å². The van der Waals surface area contributed by atoms with Gasteiger partial charge in [-0.05, 0) is 18.2 Å². The molecule has 1 heterocycles. The molecule has 0 bridgehead atoms. The lowest BCUT2D eigenvalue weighted by Gasteiger charge is -2.07. The van der Waals surface area contributed by atoms with Crippen molar-refractivity contribution in [2.75, 3.05) is 6.54 Å². The summed E-state index contributed by atoms with van der Waals surface area (Å²) in [6, 6.07) is 11.2. The van der Waals surface area contributed by atoms with Gasteiger partial charge in [0.15, 0.2) is 0 Å². The van der Waals surface area contributed by atoms with Crippen LogP contribution in [0.15, 0.2) is 42.6 Å². The van der Waals surface area contributed by atoms with Gasteiger partial charge in [-0.2, -0.15) is 0 Å². The number of phenolic OH excluding ortho intramolecular Hbond substituents is 1. The lowest BCUT2D eigenvalue weighted by Crippen LogP contribution is -2.17. The number of halogens is 1. The summed E-state index contributed by atoms with van der Waals surface area (Å²) in [6.07, 6.45) is 2.65. The van der Waals surface area contributed by atoms with Gasteiger partial charge in [0, 0.05) is 37.0 Å². The predicted octanol–water partition coefficient (Wildman–Crippen LogP) is 2.77. The third-order valence-electron chi connectivity index (χ3n) is 2.67. The number of para-hydroxylation sites is 1. The Morgan fingerprint density at radius 1 is 1.17 bits per heavy atom. The minimum atomic E-state index is 0.157. The fraction of sp³-hybridized carbons (Fsp3) is 0.214. The van der Waals surface area contributed by atoms with Gasteiger partial charge in [0.05, 0.1) is 5.02 Å². The van der Waals surface area contributed by atoms with E-state index in [1.165, 1.54) is 0 Å². The summed E-state index contributed by atoms with van der Waals surface area (Å²) in [4.78, 5) is 4.24. The van der Waals surface area contributed by atoms with Crippen LogP contribution in [0.1, 0.15) is 11.3 Å². The van der Waals surface area contributed by atoms with E-state index in [1.807, 2.05) is 30.3 Å². The molecule has 4 heteroatoms. The largest absolute Gasteiger partial charge is 0.506 e. The first-order valence-corrected chi connectivity index (χ1v) is 6.22. The van der Waals surface area contributed by atoms with E-state index < -0.39 is 0 Å². The van der Waals surface area contributed by atoms with E-state index in [1.54, 1.807) is 12.3 Å². The van der Waals surface area contributed by atoms with Crippen molar-refractivity contribution in [2.24, 2.45) is 0 Å². The van der Waals surface area contributed by atoms with Gasteiger partial charge in [-0.15, -0.1) is 0 Å². The van der Waals surface area contributed by atoms with Crippen LogP contribution in [0.25, 0.3) is 0 Å². The van der Waals surface area contributed by atoms with Crippen LogP contribution >= 0.6 is 11.6 Å². The molecule has 0 radical (unpaired) electrons. The Hall–Kier alpha value is -1.58. The molecule has 18 heavy (non-hydrogen) atoms. The van der Waals surface area contributed by atoms with Crippen LogP contribution in [0, 0.1) is 0 Å². The number of benzene rings is 1. The van der Waals surface area contributed by atoms with Crippen LogP contribution in [-0.4, -0.2) is 16.6 Å².